The summed E-state index contributed by atoms with van der Waals surface area (Å²) in [4.78, 5) is 57.2. The van der Waals surface area contributed by atoms with Crippen molar-refractivity contribution in [3.8, 4) is 11.3 Å². The van der Waals surface area contributed by atoms with E-state index in [0.29, 0.717) is 12.1 Å². The van der Waals surface area contributed by atoms with Gasteiger partial charge in [0.05, 0.1) is 24.3 Å². The second-order valence-corrected chi connectivity index (χ2v) is 10.1. The molecule has 1 saturated heterocycles. The first-order valence-electron chi connectivity index (χ1n) is 12.9. The van der Waals surface area contributed by atoms with E-state index in [0.717, 1.165) is 5.56 Å². The fraction of sp³-hybridized carbons (Fsp3) is 0.444. The fourth-order valence-electron chi connectivity index (χ4n) is 4.06. The molecule has 0 aliphatic carbocycles. The summed E-state index contributed by atoms with van der Waals surface area (Å²) in [5, 5.41) is 15.6. The van der Waals surface area contributed by atoms with Crippen molar-refractivity contribution in [2.75, 3.05) is 13.6 Å². The van der Waals surface area contributed by atoms with Crippen LogP contribution in [0.4, 0.5) is 0 Å². The van der Waals surface area contributed by atoms with Crippen LogP contribution >= 0.6 is 0 Å². The molecule has 4 atom stereocenters. The minimum Gasteiger partial charge on any atom is -0.497 e. The number of amides is 2. The van der Waals surface area contributed by atoms with E-state index in [1.54, 1.807) is 26.1 Å². The number of benzene rings is 1. The van der Waals surface area contributed by atoms with Gasteiger partial charge < -0.3 is 25.0 Å². The normalized spacial score (nSPS) is 18.7. The van der Waals surface area contributed by atoms with Gasteiger partial charge in [0.15, 0.2) is 0 Å². The summed E-state index contributed by atoms with van der Waals surface area (Å²) in [5.41, 5.74) is 1.46. The lowest BCUT2D eigenvalue weighted by Crippen LogP contribution is -2.60. The molecule has 2 aromatic rings. The van der Waals surface area contributed by atoms with Crippen molar-refractivity contribution < 1.29 is 33.6 Å². The average Bonchev–Trinajstić information content (AvgIpc) is 2.89. The highest BCUT2D eigenvalue weighted by Gasteiger charge is 2.43. The molecule has 1 unspecified atom stereocenters. The van der Waals surface area contributed by atoms with Crippen molar-refractivity contribution in [2.24, 2.45) is 5.92 Å². The maximum absolute atomic E-state index is 13.3. The quantitative estimate of drug-likeness (QED) is 0.401. The maximum Gasteiger partial charge on any atom is 0.622 e. The zero-order valence-electron chi connectivity index (χ0n) is 22.8. The third-order valence-electron chi connectivity index (χ3n) is 6.34. The number of aliphatic hydroxyl groups is 1. The molecule has 3 rings (SSSR count). The Morgan fingerprint density at radius 2 is 1.77 bits per heavy atom. The first kappa shape index (κ1) is 29.8. The second-order valence-electron chi connectivity index (χ2n) is 10.1. The predicted octanol–water partition coefficient (Wildman–Crippen LogP) is 1.21. The van der Waals surface area contributed by atoms with E-state index >= 15 is 0 Å². The molecule has 0 bridgehead atoms. The van der Waals surface area contributed by atoms with Gasteiger partial charge in [0.1, 0.15) is 17.8 Å². The molecule has 11 nitrogen and oxygen atoms in total. The van der Waals surface area contributed by atoms with E-state index in [9.17, 15) is 24.3 Å². The van der Waals surface area contributed by atoms with Crippen molar-refractivity contribution in [3.63, 3.8) is 0 Å². The highest BCUT2D eigenvalue weighted by molar-refractivity contribution is 6.51. The van der Waals surface area contributed by atoms with Crippen LogP contribution in [0.25, 0.3) is 11.3 Å². The Bertz CT molecular complexity index is 1180. The number of hydrogen-bond donors (Lipinski definition) is 3. The van der Waals surface area contributed by atoms with Gasteiger partial charge in [-0.1, -0.05) is 50.2 Å². The minimum atomic E-state index is -1.37. The molecular formula is C27H35BN4O7. The van der Waals surface area contributed by atoms with Gasteiger partial charge in [-0.3, -0.25) is 24.1 Å². The van der Waals surface area contributed by atoms with Crippen LogP contribution in [0.3, 0.4) is 0 Å². The van der Waals surface area contributed by atoms with E-state index < -0.39 is 55.0 Å². The zero-order valence-corrected chi connectivity index (χ0v) is 22.8. The number of pyridine rings is 1. The number of likely N-dealkylation sites (N-methyl/N-ethyl adjacent to an activating group) is 1. The third-order valence-corrected chi connectivity index (χ3v) is 6.34. The Morgan fingerprint density at radius 3 is 2.41 bits per heavy atom. The Labute approximate surface area is 228 Å². The molecule has 39 heavy (non-hydrogen) atoms. The van der Waals surface area contributed by atoms with Crippen molar-refractivity contribution in [3.05, 3.63) is 54.2 Å². The van der Waals surface area contributed by atoms with Crippen LogP contribution in [-0.2, 0) is 23.7 Å². The Hall–Kier alpha value is -3.77. The highest BCUT2D eigenvalue weighted by atomic mass is 16.6. The van der Waals surface area contributed by atoms with Crippen molar-refractivity contribution in [1.82, 2.24) is 20.5 Å². The predicted molar refractivity (Wildman–Crippen MR) is 144 cm³/mol. The van der Waals surface area contributed by atoms with Crippen molar-refractivity contribution in [2.45, 2.75) is 58.2 Å². The van der Waals surface area contributed by atoms with Crippen LogP contribution in [0.2, 0.25) is 0 Å². The SMILES string of the molecule is CC(C)C[C@H](NC(=O)C(NC(=O)c1cccc(-c2ccccc2)n1)[C@@H](C)O)B1OC(=O)CN(C)[C@H](C)C(=O)O1. The summed E-state index contributed by atoms with van der Waals surface area (Å²) in [6.45, 7) is 6.62. The average molecular weight is 538 g/mol. The molecule has 0 spiro atoms. The number of nitrogens with one attached hydrogen (secondary N) is 2. The number of nitrogens with zero attached hydrogens (tertiary/aromatic N) is 2. The molecule has 1 aromatic heterocycles. The van der Waals surface area contributed by atoms with E-state index in [1.165, 1.54) is 17.9 Å². The molecule has 0 saturated carbocycles. The standard InChI is InChI=1S/C27H35BN4O7/c1-16(2)14-22(28-38-23(34)15-32(5)17(3)27(37)39-28)30-26(36)24(18(4)33)31-25(35)21-13-9-12-20(29-21)19-10-7-6-8-11-19/h6-13,16-18,22,24,33H,14-15H2,1-5H3,(H,30,36)(H,31,35)/t17-,18-,22+,24?/m1/s1. The van der Waals surface area contributed by atoms with Crippen LogP contribution in [0.5, 0.6) is 0 Å². The largest absolute Gasteiger partial charge is 0.622 e. The molecule has 0 radical (unpaired) electrons. The van der Waals surface area contributed by atoms with Gasteiger partial charge in [0, 0.05) is 5.56 Å². The summed E-state index contributed by atoms with van der Waals surface area (Å²) in [5.74, 6) is -3.52. The zero-order chi connectivity index (χ0) is 28.7. The van der Waals surface area contributed by atoms with Crippen LogP contribution < -0.4 is 10.6 Å². The maximum atomic E-state index is 13.3. The van der Waals surface area contributed by atoms with E-state index in [-0.39, 0.29) is 18.2 Å². The first-order valence-corrected chi connectivity index (χ1v) is 12.9. The number of rotatable bonds is 9. The minimum absolute atomic E-state index is 0.0164. The number of carbonyl (C=O) groups excluding carboxylic acids is 4. The molecule has 1 fully saturated rings. The molecule has 2 heterocycles. The molecule has 208 valence electrons. The van der Waals surface area contributed by atoms with Gasteiger partial charge in [-0.2, -0.15) is 0 Å². The lowest BCUT2D eigenvalue weighted by atomic mass is 9.73. The van der Waals surface area contributed by atoms with Gasteiger partial charge in [0.25, 0.3) is 5.91 Å². The monoisotopic (exact) mass is 538 g/mol. The molecule has 12 heteroatoms. The molecule has 1 aliphatic rings. The second kappa shape index (κ2) is 13.3. The smallest absolute Gasteiger partial charge is 0.497 e. The van der Waals surface area contributed by atoms with Crippen molar-refractivity contribution in [1.29, 1.82) is 0 Å². The van der Waals surface area contributed by atoms with Gasteiger partial charge >= 0.3 is 19.1 Å². The Kier molecular flexibility index (Phi) is 10.2. The van der Waals surface area contributed by atoms with Crippen LogP contribution in [0, 0.1) is 5.92 Å². The topological polar surface area (TPSA) is 147 Å². The Balaban J connectivity index is 1.78. The molecule has 1 aliphatic heterocycles. The van der Waals surface area contributed by atoms with Gasteiger partial charge in [-0.05, 0) is 45.4 Å². The van der Waals surface area contributed by atoms with E-state index in [4.69, 9.17) is 9.31 Å². The van der Waals surface area contributed by atoms with Crippen LogP contribution in [0.1, 0.15) is 44.6 Å². The summed E-state index contributed by atoms with van der Waals surface area (Å²) in [6.07, 6.45) is -0.982. The highest BCUT2D eigenvalue weighted by Crippen LogP contribution is 2.17. The number of carbonyl (C=O) groups is 4. The molecule has 2 amide bonds. The van der Waals surface area contributed by atoms with Crippen LogP contribution in [0.15, 0.2) is 48.5 Å². The van der Waals surface area contributed by atoms with E-state index in [1.807, 2.05) is 44.2 Å². The fourth-order valence-corrected chi connectivity index (χ4v) is 4.06. The first-order chi connectivity index (χ1) is 18.5. The number of hydrogen-bond acceptors (Lipinski definition) is 9. The number of aromatic nitrogens is 1. The number of aliphatic hydroxyl groups excluding tert-OH is 1. The van der Waals surface area contributed by atoms with E-state index in [2.05, 4.69) is 15.6 Å². The Morgan fingerprint density at radius 1 is 1.08 bits per heavy atom. The molecule has 3 N–H and O–H groups in total. The molecule has 1 aromatic carbocycles. The van der Waals surface area contributed by atoms with Crippen LogP contribution in [-0.4, -0.2) is 83.6 Å². The molecular weight excluding hydrogens is 503 g/mol. The van der Waals surface area contributed by atoms with Gasteiger partial charge in [-0.25, -0.2) is 4.98 Å². The summed E-state index contributed by atoms with van der Waals surface area (Å²) < 4.78 is 10.8. The van der Waals surface area contributed by atoms with Gasteiger partial charge in [-0.15, -0.1) is 0 Å². The van der Waals surface area contributed by atoms with Gasteiger partial charge in [0.2, 0.25) is 5.91 Å². The summed E-state index contributed by atoms with van der Waals surface area (Å²) >= 11 is 0. The summed E-state index contributed by atoms with van der Waals surface area (Å²) in [7, 11) is 0.225. The lowest BCUT2D eigenvalue weighted by Gasteiger charge is -2.32. The third kappa shape index (κ3) is 8.11. The lowest BCUT2D eigenvalue weighted by molar-refractivity contribution is -0.150. The summed E-state index contributed by atoms with van der Waals surface area (Å²) in [6, 6.07) is 12.2. The van der Waals surface area contributed by atoms with Crippen molar-refractivity contribution >= 4 is 30.9 Å².